The Morgan fingerprint density at radius 2 is 1.28 bits per heavy atom. The van der Waals surface area contributed by atoms with Gasteiger partial charge in [-0.25, -0.2) is 4.79 Å². The average Bonchev–Trinajstić information content (AvgIpc) is 2.69. The standard InChI is InChI=1S/C23H23O5P/c1-18(2)17-19-13-15-20(16-14-19)23(24)28-29(25,26-21-9-5-3-6-10-21)27-22-11-7-4-8-12-22/h3-16,18H,17H2,1-2H3. The third-order valence-corrected chi connectivity index (χ3v) is 5.21. The molecule has 3 aromatic rings. The predicted octanol–water partition coefficient (Wildman–Crippen LogP) is 6.31. The molecule has 0 aliphatic carbocycles. The van der Waals surface area contributed by atoms with Gasteiger partial charge in [-0.1, -0.05) is 62.4 Å². The third-order valence-electron chi connectivity index (χ3n) is 3.95. The van der Waals surface area contributed by atoms with Crippen LogP contribution in [-0.4, -0.2) is 5.97 Å². The Morgan fingerprint density at radius 1 is 0.793 bits per heavy atom. The van der Waals surface area contributed by atoms with E-state index in [1.165, 1.54) is 0 Å². The number of para-hydroxylation sites is 2. The van der Waals surface area contributed by atoms with Crippen molar-refractivity contribution in [2.75, 3.05) is 0 Å². The molecule has 6 heteroatoms. The Kier molecular flexibility index (Phi) is 6.73. The zero-order valence-corrected chi connectivity index (χ0v) is 17.3. The van der Waals surface area contributed by atoms with Crippen LogP contribution in [0.5, 0.6) is 11.5 Å². The van der Waals surface area contributed by atoms with Crippen molar-refractivity contribution >= 4 is 13.8 Å². The predicted molar refractivity (Wildman–Crippen MR) is 112 cm³/mol. The molecule has 0 aliphatic rings. The van der Waals surface area contributed by atoms with E-state index in [4.69, 9.17) is 13.6 Å². The zero-order valence-electron chi connectivity index (χ0n) is 16.4. The first-order chi connectivity index (χ1) is 13.9. The van der Waals surface area contributed by atoms with Crippen LogP contribution < -0.4 is 9.05 Å². The summed E-state index contributed by atoms with van der Waals surface area (Å²) in [5, 5.41) is 0. The topological polar surface area (TPSA) is 61.8 Å². The molecule has 0 saturated heterocycles. The fraction of sp³-hybridized carbons (Fsp3) is 0.174. The molecular formula is C23H23O5P. The maximum atomic E-state index is 13.3. The van der Waals surface area contributed by atoms with Gasteiger partial charge < -0.3 is 13.6 Å². The number of hydrogen-bond acceptors (Lipinski definition) is 5. The van der Waals surface area contributed by atoms with Gasteiger partial charge in [0.05, 0.1) is 5.56 Å². The van der Waals surface area contributed by atoms with Crippen LogP contribution in [0.15, 0.2) is 84.9 Å². The molecule has 0 saturated carbocycles. The molecule has 29 heavy (non-hydrogen) atoms. The molecule has 0 atom stereocenters. The Hall–Kier alpha value is -3.04. The molecule has 0 heterocycles. The van der Waals surface area contributed by atoms with E-state index in [0.29, 0.717) is 5.92 Å². The van der Waals surface area contributed by atoms with Crippen molar-refractivity contribution < 1.29 is 22.9 Å². The highest BCUT2D eigenvalue weighted by atomic mass is 31.2. The van der Waals surface area contributed by atoms with Crippen molar-refractivity contribution in [3.8, 4) is 11.5 Å². The van der Waals surface area contributed by atoms with Crippen molar-refractivity contribution in [3.05, 3.63) is 96.1 Å². The van der Waals surface area contributed by atoms with Gasteiger partial charge in [0.15, 0.2) is 0 Å². The minimum absolute atomic E-state index is 0.269. The minimum atomic E-state index is -4.27. The Bertz CT molecular complexity index is 924. The molecule has 0 unspecified atom stereocenters. The van der Waals surface area contributed by atoms with Crippen LogP contribution in [0.4, 0.5) is 0 Å². The van der Waals surface area contributed by atoms with Gasteiger partial charge in [0.25, 0.3) is 0 Å². The first-order valence-electron chi connectivity index (χ1n) is 9.36. The molecule has 3 rings (SSSR count). The summed E-state index contributed by atoms with van der Waals surface area (Å²) in [6.45, 7) is 4.25. The maximum absolute atomic E-state index is 13.3. The lowest BCUT2D eigenvalue weighted by atomic mass is 10.0. The molecule has 0 aromatic heterocycles. The summed E-state index contributed by atoms with van der Waals surface area (Å²) in [7, 11) is -4.27. The molecule has 0 bridgehead atoms. The highest BCUT2D eigenvalue weighted by Gasteiger charge is 2.36. The van der Waals surface area contributed by atoms with Gasteiger partial charge in [-0.2, -0.15) is 4.57 Å². The molecule has 0 amide bonds. The van der Waals surface area contributed by atoms with E-state index in [1.807, 2.05) is 12.1 Å². The van der Waals surface area contributed by atoms with E-state index < -0.39 is 13.8 Å². The second kappa shape index (κ2) is 9.44. The van der Waals surface area contributed by atoms with Gasteiger partial charge in [-0.3, -0.25) is 0 Å². The Morgan fingerprint density at radius 3 is 1.72 bits per heavy atom. The first kappa shape index (κ1) is 20.7. The van der Waals surface area contributed by atoms with Crippen LogP contribution in [0.2, 0.25) is 0 Å². The van der Waals surface area contributed by atoms with Crippen LogP contribution in [0.3, 0.4) is 0 Å². The highest BCUT2D eigenvalue weighted by molar-refractivity contribution is 7.50. The van der Waals surface area contributed by atoms with Crippen molar-refractivity contribution in [1.29, 1.82) is 0 Å². The van der Waals surface area contributed by atoms with E-state index in [0.717, 1.165) is 12.0 Å². The monoisotopic (exact) mass is 410 g/mol. The lowest BCUT2D eigenvalue weighted by Crippen LogP contribution is -2.11. The summed E-state index contributed by atoms with van der Waals surface area (Å²) in [4.78, 5) is 12.6. The lowest BCUT2D eigenvalue weighted by molar-refractivity contribution is 0.0688. The Labute approximate surface area is 170 Å². The highest BCUT2D eigenvalue weighted by Crippen LogP contribution is 2.50. The summed E-state index contributed by atoms with van der Waals surface area (Å²) >= 11 is 0. The van der Waals surface area contributed by atoms with E-state index in [-0.39, 0.29) is 17.1 Å². The summed E-state index contributed by atoms with van der Waals surface area (Å²) in [5.74, 6) is 0.265. The third kappa shape index (κ3) is 6.23. The Balaban J connectivity index is 1.80. The quantitative estimate of drug-likeness (QED) is 0.407. The van der Waals surface area contributed by atoms with Crippen LogP contribution >= 0.6 is 7.82 Å². The van der Waals surface area contributed by atoms with E-state index in [9.17, 15) is 9.36 Å². The molecule has 0 radical (unpaired) electrons. The molecule has 0 N–H and O–H groups in total. The number of benzene rings is 3. The molecule has 0 aliphatic heterocycles. The van der Waals surface area contributed by atoms with Crippen molar-refractivity contribution in [1.82, 2.24) is 0 Å². The summed E-state index contributed by atoms with van der Waals surface area (Å²) in [5.41, 5.74) is 1.38. The number of hydrogen-bond donors (Lipinski definition) is 0. The molecule has 150 valence electrons. The fourth-order valence-electron chi connectivity index (χ4n) is 2.68. The number of carbonyl (C=O) groups excluding carboxylic acids is 1. The van der Waals surface area contributed by atoms with E-state index >= 15 is 0 Å². The molecule has 5 nitrogen and oxygen atoms in total. The second-order valence-electron chi connectivity index (χ2n) is 6.93. The first-order valence-corrected chi connectivity index (χ1v) is 10.8. The smallest absolute Gasteiger partial charge is 0.386 e. The molecule has 0 fully saturated rings. The van der Waals surface area contributed by atoms with Gasteiger partial charge in [0.1, 0.15) is 11.5 Å². The second-order valence-corrected chi connectivity index (χ2v) is 8.37. The number of phosphoric ester groups is 1. The zero-order chi connectivity index (χ0) is 20.7. The minimum Gasteiger partial charge on any atom is -0.386 e. The van der Waals surface area contributed by atoms with Crippen LogP contribution in [-0.2, 0) is 15.5 Å². The lowest BCUT2D eigenvalue weighted by Gasteiger charge is -2.18. The molecule has 3 aromatic carbocycles. The number of carbonyl (C=O) groups is 1. The SMILES string of the molecule is CC(C)Cc1ccc(C(=O)OP(=O)(Oc2ccccc2)Oc2ccccc2)cc1. The van der Waals surface area contributed by atoms with Crippen molar-refractivity contribution in [2.45, 2.75) is 20.3 Å². The van der Waals surface area contributed by atoms with Gasteiger partial charge >= 0.3 is 13.8 Å². The van der Waals surface area contributed by atoms with Crippen LogP contribution in [0.25, 0.3) is 0 Å². The molecular weight excluding hydrogens is 387 g/mol. The summed E-state index contributed by atoms with van der Waals surface area (Å²) < 4.78 is 29.4. The van der Waals surface area contributed by atoms with Crippen molar-refractivity contribution in [3.63, 3.8) is 0 Å². The van der Waals surface area contributed by atoms with Gasteiger partial charge in [-0.05, 0) is 54.3 Å². The van der Waals surface area contributed by atoms with Gasteiger partial charge in [0.2, 0.25) is 0 Å². The maximum Gasteiger partial charge on any atom is 0.649 e. The average molecular weight is 410 g/mol. The van der Waals surface area contributed by atoms with Crippen LogP contribution in [0, 0.1) is 5.92 Å². The largest absolute Gasteiger partial charge is 0.649 e. The van der Waals surface area contributed by atoms with Crippen LogP contribution in [0.1, 0.15) is 29.8 Å². The van der Waals surface area contributed by atoms with E-state index in [1.54, 1.807) is 72.8 Å². The normalized spacial score (nSPS) is 11.1. The number of phosphoric acid groups is 1. The van der Waals surface area contributed by atoms with Crippen molar-refractivity contribution in [2.24, 2.45) is 5.92 Å². The van der Waals surface area contributed by atoms with Gasteiger partial charge in [-0.15, -0.1) is 0 Å². The fourth-order valence-corrected chi connectivity index (χ4v) is 3.86. The summed E-state index contributed by atoms with van der Waals surface area (Å²) in [6.07, 6.45) is 0.905. The van der Waals surface area contributed by atoms with Gasteiger partial charge in [0, 0.05) is 0 Å². The molecule has 0 spiro atoms. The number of rotatable bonds is 8. The van der Waals surface area contributed by atoms with E-state index in [2.05, 4.69) is 13.8 Å². The summed E-state index contributed by atoms with van der Waals surface area (Å²) in [6, 6.07) is 23.9.